The predicted molar refractivity (Wildman–Crippen MR) is 71.8 cm³/mol. The number of rotatable bonds is 4. The number of fused-ring (bicyclic) bond motifs is 1. The van der Waals surface area contributed by atoms with Crippen LogP contribution in [0.2, 0.25) is 0 Å². The van der Waals surface area contributed by atoms with E-state index in [1.807, 2.05) is 25.1 Å². The fourth-order valence-corrected chi connectivity index (χ4v) is 1.84. The van der Waals surface area contributed by atoms with E-state index in [9.17, 15) is 4.79 Å². The van der Waals surface area contributed by atoms with Gasteiger partial charge < -0.3 is 4.52 Å². The second-order valence-corrected chi connectivity index (χ2v) is 4.34. The van der Waals surface area contributed by atoms with Gasteiger partial charge in [0.1, 0.15) is 5.78 Å². The van der Waals surface area contributed by atoms with E-state index in [0.29, 0.717) is 18.1 Å². The van der Waals surface area contributed by atoms with Crippen LogP contribution in [0.15, 0.2) is 35.1 Å². The molecule has 0 amide bonds. The topological polar surface area (TPSA) is 81.8 Å². The van der Waals surface area contributed by atoms with Crippen molar-refractivity contribution >= 4 is 16.8 Å². The van der Waals surface area contributed by atoms with Gasteiger partial charge in [-0.05, 0) is 18.2 Å². The van der Waals surface area contributed by atoms with Gasteiger partial charge in [-0.3, -0.25) is 14.8 Å². The van der Waals surface area contributed by atoms with Crippen molar-refractivity contribution in [2.45, 2.75) is 19.8 Å². The highest BCUT2D eigenvalue weighted by Crippen LogP contribution is 2.20. The normalized spacial score (nSPS) is 10.8. The maximum absolute atomic E-state index is 11.4. The maximum atomic E-state index is 11.4. The molecule has 0 aliphatic heterocycles. The molecule has 0 aliphatic carbocycles. The van der Waals surface area contributed by atoms with Crippen LogP contribution in [0.3, 0.4) is 0 Å². The van der Waals surface area contributed by atoms with E-state index in [4.69, 9.17) is 4.52 Å². The maximum Gasteiger partial charge on any atom is 0.234 e. The van der Waals surface area contributed by atoms with Gasteiger partial charge in [0, 0.05) is 24.4 Å². The first-order chi connectivity index (χ1) is 9.76. The van der Waals surface area contributed by atoms with E-state index in [0.717, 1.165) is 16.6 Å². The number of hydrogen-bond acceptors (Lipinski definition) is 6. The Balaban J connectivity index is 1.92. The van der Waals surface area contributed by atoms with Gasteiger partial charge in [-0.25, -0.2) is 0 Å². The zero-order chi connectivity index (χ0) is 13.9. The molecule has 0 saturated heterocycles. The van der Waals surface area contributed by atoms with E-state index in [1.165, 1.54) is 0 Å². The summed E-state index contributed by atoms with van der Waals surface area (Å²) in [7, 11) is 0. The van der Waals surface area contributed by atoms with Crippen LogP contribution in [0, 0.1) is 0 Å². The molecule has 1 aromatic carbocycles. The zero-order valence-electron chi connectivity index (χ0n) is 10.9. The third kappa shape index (κ3) is 2.40. The molecule has 20 heavy (non-hydrogen) atoms. The molecule has 0 atom stereocenters. The molecule has 0 bridgehead atoms. The Morgan fingerprint density at radius 1 is 1.20 bits per heavy atom. The quantitative estimate of drug-likeness (QED) is 0.721. The van der Waals surface area contributed by atoms with Gasteiger partial charge in [-0.1, -0.05) is 12.1 Å². The van der Waals surface area contributed by atoms with Crippen LogP contribution >= 0.6 is 0 Å². The lowest BCUT2D eigenvalue weighted by atomic mass is 10.2. The Morgan fingerprint density at radius 3 is 2.80 bits per heavy atom. The van der Waals surface area contributed by atoms with Crippen molar-refractivity contribution in [1.29, 1.82) is 0 Å². The Labute approximate surface area is 114 Å². The fraction of sp³-hybridized carbons (Fsp3) is 0.214. The molecular weight excluding hydrogens is 256 g/mol. The van der Waals surface area contributed by atoms with Crippen LogP contribution in [0.5, 0.6) is 0 Å². The van der Waals surface area contributed by atoms with Crippen LogP contribution in [0.1, 0.15) is 19.2 Å². The van der Waals surface area contributed by atoms with E-state index in [1.54, 1.807) is 12.4 Å². The van der Waals surface area contributed by atoms with Crippen molar-refractivity contribution in [2.75, 3.05) is 0 Å². The van der Waals surface area contributed by atoms with Gasteiger partial charge in [0.15, 0.2) is 0 Å². The average molecular weight is 268 g/mol. The Bertz CT molecular complexity index is 766. The highest BCUT2D eigenvalue weighted by molar-refractivity contribution is 5.80. The van der Waals surface area contributed by atoms with Gasteiger partial charge in [0.05, 0.1) is 17.5 Å². The number of nitrogens with zero attached hydrogens (tertiary/aromatic N) is 4. The molecule has 100 valence electrons. The summed E-state index contributed by atoms with van der Waals surface area (Å²) in [6, 6.07) is 5.55. The van der Waals surface area contributed by atoms with Crippen molar-refractivity contribution < 1.29 is 9.32 Å². The van der Waals surface area contributed by atoms with Crippen molar-refractivity contribution in [3.8, 4) is 11.4 Å². The van der Waals surface area contributed by atoms with Crippen LogP contribution in [0.25, 0.3) is 22.4 Å². The lowest BCUT2D eigenvalue weighted by Crippen LogP contribution is -2.00. The molecule has 3 aromatic rings. The van der Waals surface area contributed by atoms with Gasteiger partial charge in [0.25, 0.3) is 0 Å². The predicted octanol–water partition coefficient (Wildman–Crippen LogP) is 2.20. The Hall–Kier alpha value is -2.63. The van der Waals surface area contributed by atoms with E-state index in [-0.39, 0.29) is 12.2 Å². The molecule has 0 unspecified atom stereocenters. The molecular formula is C14H12N4O2. The lowest BCUT2D eigenvalue weighted by Gasteiger charge is -1.97. The standard InChI is InChI=1S/C14H12N4O2/c1-2-10(19)8-13-17-14(18-20-13)9-3-4-11-12(7-9)16-6-5-15-11/h3-7H,2,8H2,1H3. The molecule has 2 heterocycles. The lowest BCUT2D eigenvalue weighted by molar-refractivity contribution is -0.118. The number of carbonyl (C=O) groups is 1. The van der Waals surface area contributed by atoms with E-state index < -0.39 is 0 Å². The molecule has 0 fully saturated rings. The molecule has 0 aliphatic rings. The Kier molecular flexibility index (Phi) is 3.20. The van der Waals surface area contributed by atoms with Gasteiger partial charge in [0.2, 0.25) is 11.7 Å². The summed E-state index contributed by atoms with van der Waals surface area (Å²) in [5.74, 6) is 0.868. The van der Waals surface area contributed by atoms with Crippen molar-refractivity contribution in [1.82, 2.24) is 20.1 Å². The number of aromatic nitrogens is 4. The third-order valence-electron chi connectivity index (χ3n) is 2.94. The number of ketones is 1. The van der Waals surface area contributed by atoms with Crippen molar-refractivity contribution in [3.05, 3.63) is 36.5 Å². The summed E-state index contributed by atoms with van der Waals surface area (Å²) in [5, 5.41) is 3.89. The minimum atomic E-state index is 0.0737. The van der Waals surface area contributed by atoms with E-state index in [2.05, 4.69) is 20.1 Å². The summed E-state index contributed by atoms with van der Waals surface area (Å²) >= 11 is 0. The molecule has 6 nitrogen and oxygen atoms in total. The van der Waals surface area contributed by atoms with Gasteiger partial charge in [-0.15, -0.1) is 0 Å². The van der Waals surface area contributed by atoms with Gasteiger partial charge in [-0.2, -0.15) is 4.98 Å². The summed E-state index contributed by atoms with van der Waals surface area (Å²) in [6.45, 7) is 1.81. The van der Waals surface area contributed by atoms with Crippen LogP contribution < -0.4 is 0 Å². The minimum absolute atomic E-state index is 0.0737. The largest absolute Gasteiger partial charge is 0.339 e. The number of benzene rings is 1. The van der Waals surface area contributed by atoms with E-state index >= 15 is 0 Å². The summed E-state index contributed by atoms with van der Waals surface area (Å²) < 4.78 is 5.09. The second-order valence-electron chi connectivity index (χ2n) is 4.34. The summed E-state index contributed by atoms with van der Waals surface area (Å²) in [4.78, 5) is 24.0. The van der Waals surface area contributed by atoms with Crippen LogP contribution in [-0.2, 0) is 11.2 Å². The molecule has 3 rings (SSSR count). The molecule has 0 saturated carbocycles. The van der Waals surface area contributed by atoms with Crippen molar-refractivity contribution in [2.24, 2.45) is 0 Å². The first-order valence-electron chi connectivity index (χ1n) is 6.31. The summed E-state index contributed by atoms with van der Waals surface area (Å²) in [6.07, 6.45) is 3.92. The van der Waals surface area contributed by atoms with Crippen LogP contribution in [0.4, 0.5) is 0 Å². The number of hydrogen-bond donors (Lipinski definition) is 0. The molecule has 0 N–H and O–H groups in total. The smallest absolute Gasteiger partial charge is 0.234 e. The molecule has 0 spiro atoms. The molecule has 0 radical (unpaired) electrons. The molecule has 2 aromatic heterocycles. The van der Waals surface area contributed by atoms with Gasteiger partial charge >= 0.3 is 0 Å². The Morgan fingerprint density at radius 2 is 2.00 bits per heavy atom. The second kappa shape index (κ2) is 5.16. The monoisotopic (exact) mass is 268 g/mol. The molecule has 6 heteroatoms. The summed E-state index contributed by atoms with van der Waals surface area (Å²) in [5.41, 5.74) is 2.36. The number of Topliss-reactive ketones (excluding diaryl/α,β-unsaturated/α-hetero) is 1. The third-order valence-corrected chi connectivity index (χ3v) is 2.94. The van der Waals surface area contributed by atoms with Crippen LogP contribution in [-0.4, -0.2) is 25.9 Å². The number of carbonyl (C=O) groups excluding carboxylic acids is 1. The highest BCUT2D eigenvalue weighted by atomic mass is 16.5. The minimum Gasteiger partial charge on any atom is -0.339 e. The SMILES string of the molecule is CCC(=O)Cc1nc(-c2ccc3nccnc3c2)no1. The first-order valence-corrected chi connectivity index (χ1v) is 6.31. The highest BCUT2D eigenvalue weighted by Gasteiger charge is 2.12. The van der Waals surface area contributed by atoms with Crippen molar-refractivity contribution in [3.63, 3.8) is 0 Å². The average Bonchev–Trinajstić information content (AvgIpc) is 2.95. The zero-order valence-corrected chi connectivity index (χ0v) is 10.9. The fourth-order valence-electron chi connectivity index (χ4n) is 1.84. The first kappa shape index (κ1) is 12.4.